The molecule has 0 spiro atoms. The highest BCUT2D eigenvalue weighted by atomic mass is 16.5. The van der Waals surface area contributed by atoms with E-state index in [-0.39, 0.29) is 24.7 Å². The van der Waals surface area contributed by atoms with E-state index >= 15 is 0 Å². The number of carbonyl (C=O) groups is 4. The minimum atomic E-state index is -0.896. The van der Waals surface area contributed by atoms with Crippen LogP contribution in [0.5, 0.6) is 5.75 Å². The van der Waals surface area contributed by atoms with Crippen molar-refractivity contribution >= 4 is 29.4 Å². The van der Waals surface area contributed by atoms with Gasteiger partial charge in [-0.25, -0.2) is 0 Å². The molecule has 0 saturated carbocycles. The summed E-state index contributed by atoms with van der Waals surface area (Å²) in [5.41, 5.74) is 2.73. The van der Waals surface area contributed by atoms with Gasteiger partial charge in [0, 0.05) is 25.2 Å². The molecule has 4 rings (SSSR count). The lowest BCUT2D eigenvalue weighted by atomic mass is 10.0. The van der Waals surface area contributed by atoms with Gasteiger partial charge in [-0.1, -0.05) is 24.3 Å². The first-order valence-electron chi connectivity index (χ1n) is 11.4. The summed E-state index contributed by atoms with van der Waals surface area (Å²) in [6, 6.07) is 11.8. The second-order valence-electron chi connectivity index (χ2n) is 8.35. The van der Waals surface area contributed by atoms with E-state index in [9.17, 15) is 19.2 Å². The molecule has 10 nitrogen and oxygen atoms in total. The maximum atomic E-state index is 13.1. The standard InChI is InChI=1S/C25H27N3O7/c29-21-8-7-20(24(32)27-21)28-15-17-4-2-6-19(23(17)25(28)33)26-9-10-34-11-12-35-18-5-1-3-16(13-18)14-22(30)31/h1-6,13,20,26H,7-12,14-15H2,(H,30,31)(H,27,29,32). The van der Waals surface area contributed by atoms with Gasteiger partial charge in [0.15, 0.2) is 0 Å². The zero-order valence-electron chi connectivity index (χ0n) is 19.1. The summed E-state index contributed by atoms with van der Waals surface area (Å²) >= 11 is 0. The highest BCUT2D eigenvalue weighted by molar-refractivity contribution is 6.07. The third kappa shape index (κ3) is 5.96. The summed E-state index contributed by atoms with van der Waals surface area (Å²) in [4.78, 5) is 49.1. The highest BCUT2D eigenvalue weighted by Gasteiger charge is 2.40. The number of nitrogens with one attached hydrogen (secondary N) is 2. The molecule has 0 radical (unpaired) electrons. The van der Waals surface area contributed by atoms with Crippen molar-refractivity contribution in [3.63, 3.8) is 0 Å². The molecular formula is C25H27N3O7. The normalized spacial score (nSPS) is 17.2. The van der Waals surface area contributed by atoms with Crippen LogP contribution in [0.4, 0.5) is 5.69 Å². The van der Waals surface area contributed by atoms with Gasteiger partial charge in [0.05, 0.1) is 25.2 Å². The van der Waals surface area contributed by atoms with Gasteiger partial charge in [-0.3, -0.25) is 24.5 Å². The van der Waals surface area contributed by atoms with Crippen LogP contribution in [-0.2, 0) is 32.1 Å². The van der Waals surface area contributed by atoms with Crippen LogP contribution in [-0.4, -0.2) is 66.1 Å². The molecule has 0 aliphatic carbocycles. The fourth-order valence-corrected chi connectivity index (χ4v) is 4.26. The molecule has 3 N–H and O–H groups in total. The van der Waals surface area contributed by atoms with Gasteiger partial charge in [-0.15, -0.1) is 0 Å². The molecular weight excluding hydrogens is 454 g/mol. The van der Waals surface area contributed by atoms with E-state index in [2.05, 4.69) is 10.6 Å². The van der Waals surface area contributed by atoms with E-state index in [0.29, 0.717) is 61.9 Å². The predicted octanol–water partition coefficient (Wildman–Crippen LogP) is 1.58. The first kappa shape index (κ1) is 24.2. The smallest absolute Gasteiger partial charge is 0.307 e. The third-order valence-corrected chi connectivity index (χ3v) is 5.86. The van der Waals surface area contributed by atoms with Crippen molar-refractivity contribution in [3.8, 4) is 5.75 Å². The summed E-state index contributed by atoms with van der Waals surface area (Å²) in [5, 5.41) is 14.4. The Morgan fingerprint density at radius 3 is 2.74 bits per heavy atom. The lowest BCUT2D eigenvalue weighted by Crippen LogP contribution is -2.52. The predicted molar refractivity (Wildman–Crippen MR) is 125 cm³/mol. The Hall–Kier alpha value is -3.92. The second kappa shape index (κ2) is 11.0. The first-order chi connectivity index (χ1) is 16.9. The van der Waals surface area contributed by atoms with Crippen molar-refractivity contribution in [3.05, 3.63) is 59.2 Å². The molecule has 1 unspecified atom stereocenters. The molecule has 2 aliphatic heterocycles. The Labute approximate surface area is 202 Å². The van der Waals surface area contributed by atoms with Gasteiger partial charge in [0.2, 0.25) is 11.8 Å². The number of carboxylic acids is 1. The minimum absolute atomic E-state index is 0.0592. The van der Waals surface area contributed by atoms with E-state index in [1.165, 1.54) is 4.90 Å². The van der Waals surface area contributed by atoms with Gasteiger partial charge in [0.1, 0.15) is 18.4 Å². The highest BCUT2D eigenvalue weighted by Crippen LogP contribution is 2.32. The number of piperidine rings is 1. The van der Waals surface area contributed by atoms with E-state index in [4.69, 9.17) is 14.6 Å². The summed E-state index contributed by atoms with van der Waals surface area (Å²) in [6.07, 6.45) is 0.486. The van der Waals surface area contributed by atoms with Gasteiger partial charge >= 0.3 is 5.97 Å². The van der Waals surface area contributed by atoms with Gasteiger partial charge in [-0.2, -0.15) is 0 Å². The third-order valence-electron chi connectivity index (χ3n) is 5.86. The Balaban J connectivity index is 1.22. The average Bonchev–Trinajstić information content (AvgIpc) is 3.15. The Morgan fingerprint density at radius 1 is 1.11 bits per heavy atom. The number of ether oxygens (including phenoxy) is 2. The van der Waals surface area contributed by atoms with Crippen LogP contribution in [0, 0.1) is 0 Å². The fourth-order valence-electron chi connectivity index (χ4n) is 4.26. The van der Waals surface area contributed by atoms with Crippen molar-refractivity contribution in [2.75, 3.05) is 31.7 Å². The van der Waals surface area contributed by atoms with Gasteiger partial charge < -0.3 is 24.8 Å². The van der Waals surface area contributed by atoms with Crippen molar-refractivity contribution in [2.45, 2.75) is 31.8 Å². The van der Waals surface area contributed by atoms with E-state index in [0.717, 1.165) is 5.56 Å². The molecule has 2 aliphatic rings. The number of carboxylic acid groups (broad SMARTS) is 1. The topological polar surface area (TPSA) is 134 Å². The molecule has 2 aromatic rings. The molecule has 2 heterocycles. The summed E-state index contributed by atoms with van der Waals surface area (Å²) in [5.74, 6) is -1.27. The van der Waals surface area contributed by atoms with E-state index < -0.39 is 17.9 Å². The largest absolute Gasteiger partial charge is 0.491 e. The molecule has 35 heavy (non-hydrogen) atoms. The SMILES string of the molecule is O=C(O)Cc1cccc(OCCOCCNc2cccc3c2C(=O)N(C2CCC(=O)NC2=O)C3)c1. The number of benzene rings is 2. The number of hydrogen-bond acceptors (Lipinski definition) is 7. The van der Waals surface area contributed by atoms with Crippen LogP contribution >= 0.6 is 0 Å². The summed E-state index contributed by atoms with van der Waals surface area (Å²) < 4.78 is 11.2. The van der Waals surface area contributed by atoms with Gasteiger partial charge in [-0.05, 0) is 35.7 Å². The zero-order chi connectivity index (χ0) is 24.8. The quantitative estimate of drug-likeness (QED) is 0.325. The van der Waals surface area contributed by atoms with E-state index in [1.54, 1.807) is 24.3 Å². The lowest BCUT2D eigenvalue weighted by Gasteiger charge is -2.29. The summed E-state index contributed by atoms with van der Waals surface area (Å²) in [7, 11) is 0. The van der Waals surface area contributed by atoms with Crippen LogP contribution in [0.1, 0.15) is 34.3 Å². The van der Waals surface area contributed by atoms with Crippen molar-refractivity contribution in [1.82, 2.24) is 10.2 Å². The van der Waals surface area contributed by atoms with Crippen molar-refractivity contribution in [2.24, 2.45) is 0 Å². The number of nitrogens with zero attached hydrogens (tertiary/aromatic N) is 1. The van der Waals surface area contributed by atoms with Crippen LogP contribution in [0.3, 0.4) is 0 Å². The molecule has 0 aromatic heterocycles. The number of anilines is 1. The molecule has 3 amide bonds. The van der Waals surface area contributed by atoms with Gasteiger partial charge in [0.25, 0.3) is 5.91 Å². The van der Waals surface area contributed by atoms with Crippen molar-refractivity contribution in [1.29, 1.82) is 0 Å². The number of amides is 3. The maximum Gasteiger partial charge on any atom is 0.307 e. The molecule has 10 heteroatoms. The van der Waals surface area contributed by atoms with E-state index in [1.807, 2.05) is 18.2 Å². The van der Waals surface area contributed by atoms with Crippen molar-refractivity contribution < 1.29 is 33.8 Å². The lowest BCUT2D eigenvalue weighted by molar-refractivity contribution is -0.137. The van der Waals surface area contributed by atoms with Crippen LogP contribution in [0.15, 0.2) is 42.5 Å². The first-order valence-corrected chi connectivity index (χ1v) is 11.4. The molecule has 1 fully saturated rings. The Bertz CT molecular complexity index is 1130. The number of carbonyl (C=O) groups excluding carboxylic acids is 3. The van der Waals surface area contributed by atoms with Crippen LogP contribution in [0.2, 0.25) is 0 Å². The molecule has 2 aromatic carbocycles. The number of aliphatic carboxylic acids is 1. The monoisotopic (exact) mass is 481 g/mol. The van der Waals surface area contributed by atoms with Crippen LogP contribution < -0.4 is 15.4 Å². The molecule has 0 bridgehead atoms. The second-order valence-corrected chi connectivity index (χ2v) is 8.35. The fraction of sp³-hybridized carbons (Fsp3) is 0.360. The number of rotatable bonds is 11. The molecule has 1 saturated heterocycles. The minimum Gasteiger partial charge on any atom is -0.491 e. The number of fused-ring (bicyclic) bond motifs is 1. The summed E-state index contributed by atoms with van der Waals surface area (Å²) in [6.45, 7) is 1.85. The molecule has 184 valence electrons. The Morgan fingerprint density at radius 2 is 1.94 bits per heavy atom. The number of hydrogen-bond donors (Lipinski definition) is 3. The average molecular weight is 482 g/mol. The molecule has 1 atom stereocenters. The Kier molecular flexibility index (Phi) is 7.61. The zero-order valence-corrected chi connectivity index (χ0v) is 19.1. The number of imide groups is 1. The van der Waals surface area contributed by atoms with Crippen LogP contribution in [0.25, 0.3) is 0 Å². The maximum absolute atomic E-state index is 13.1.